The molecular weight excluding hydrogens is 442 g/mol. The van der Waals surface area contributed by atoms with Crippen molar-refractivity contribution in [3.05, 3.63) is 94.6 Å². The summed E-state index contributed by atoms with van der Waals surface area (Å²) in [6.45, 7) is 7.68. The van der Waals surface area contributed by atoms with E-state index in [1.807, 2.05) is 45.9 Å². The van der Waals surface area contributed by atoms with Crippen molar-refractivity contribution >= 4 is 23.1 Å². The van der Waals surface area contributed by atoms with E-state index >= 15 is 0 Å². The summed E-state index contributed by atoms with van der Waals surface area (Å²) in [5, 5.41) is 11.3. The summed E-state index contributed by atoms with van der Waals surface area (Å²) in [4.78, 5) is 28.2. The van der Waals surface area contributed by atoms with Crippen LogP contribution in [0.1, 0.15) is 42.1 Å². The number of ketones is 1. The predicted molar refractivity (Wildman–Crippen MR) is 136 cm³/mol. The molecule has 1 unspecified atom stereocenters. The van der Waals surface area contributed by atoms with Crippen LogP contribution >= 0.6 is 0 Å². The quantitative estimate of drug-likeness (QED) is 0.282. The van der Waals surface area contributed by atoms with Crippen molar-refractivity contribution < 1.29 is 24.2 Å². The molecule has 3 aromatic rings. The molecule has 0 aliphatic carbocycles. The zero-order chi connectivity index (χ0) is 25.3. The van der Waals surface area contributed by atoms with E-state index in [4.69, 9.17) is 9.47 Å². The molecule has 6 heteroatoms. The molecule has 1 aliphatic heterocycles. The van der Waals surface area contributed by atoms with Crippen molar-refractivity contribution in [3.63, 3.8) is 0 Å². The second kappa shape index (κ2) is 9.66. The van der Waals surface area contributed by atoms with Gasteiger partial charge < -0.3 is 14.6 Å². The second-order valence-electron chi connectivity index (χ2n) is 8.92. The smallest absolute Gasteiger partial charge is 0.300 e. The van der Waals surface area contributed by atoms with Gasteiger partial charge in [-0.05, 0) is 86.8 Å². The normalized spacial score (nSPS) is 17.2. The number of aliphatic hydroxyl groups excluding tert-OH is 1. The highest BCUT2D eigenvalue weighted by molar-refractivity contribution is 6.51. The Hall–Kier alpha value is -4.06. The minimum Gasteiger partial charge on any atom is -0.507 e. The molecule has 0 radical (unpaired) electrons. The fourth-order valence-electron chi connectivity index (χ4n) is 4.28. The second-order valence-corrected chi connectivity index (χ2v) is 8.92. The maximum Gasteiger partial charge on any atom is 0.300 e. The molecule has 6 nitrogen and oxygen atoms in total. The van der Waals surface area contributed by atoms with E-state index in [0.29, 0.717) is 28.3 Å². The first-order valence-corrected chi connectivity index (χ1v) is 11.5. The van der Waals surface area contributed by atoms with E-state index in [-0.39, 0.29) is 17.4 Å². The standard InChI is InChI=1S/C29H29NO5/c1-17(2)35-23-14-10-21(11-15-23)27(31)25-26(20-8-12-22(34-5)13-9-20)30(29(33)28(25)32)24-16-18(3)6-7-19(24)4/h6-17,26,31H,1-5H3/b27-25+. The molecule has 1 saturated heterocycles. The summed E-state index contributed by atoms with van der Waals surface area (Å²) in [6, 6.07) is 19.0. The average molecular weight is 472 g/mol. The SMILES string of the molecule is COc1ccc(C2/C(=C(\O)c3ccc(OC(C)C)cc3)C(=O)C(=O)N2c2cc(C)ccc2C)cc1. The van der Waals surface area contributed by atoms with Crippen molar-refractivity contribution in [2.24, 2.45) is 0 Å². The largest absolute Gasteiger partial charge is 0.507 e. The fraction of sp³-hybridized carbons (Fsp3) is 0.241. The van der Waals surface area contributed by atoms with Crippen LogP contribution in [0, 0.1) is 13.8 Å². The summed E-state index contributed by atoms with van der Waals surface area (Å²) in [7, 11) is 1.57. The van der Waals surface area contributed by atoms with Crippen LogP contribution in [-0.2, 0) is 9.59 Å². The summed E-state index contributed by atoms with van der Waals surface area (Å²) in [6.07, 6.45) is 0.00686. The molecule has 0 saturated carbocycles. The number of carbonyl (C=O) groups is 2. The van der Waals surface area contributed by atoms with Crippen LogP contribution in [0.3, 0.4) is 0 Å². The van der Waals surface area contributed by atoms with Crippen LogP contribution in [0.15, 0.2) is 72.3 Å². The highest BCUT2D eigenvalue weighted by Crippen LogP contribution is 2.43. The topological polar surface area (TPSA) is 76.1 Å². The summed E-state index contributed by atoms with van der Waals surface area (Å²) in [5.41, 5.74) is 3.60. The van der Waals surface area contributed by atoms with E-state index in [1.165, 1.54) is 4.90 Å². The number of hydrogen-bond donors (Lipinski definition) is 1. The first-order valence-electron chi connectivity index (χ1n) is 11.5. The summed E-state index contributed by atoms with van der Waals surface area (Å²) >= 11 is 0. The molecule has 1 amide bonds. The summed E-state index contributed by atoms with van der Waals surface area (Å²) in [5.74, 6) is -0.335. The number of aliphatic hydroxyl groups is 1. The molecule has 1 heterocycles. The predicted octanol–water partition coefficient (Wildman–Crippen LogP) is 5.73. The zero-order valence-corrected chi connectivity index (χ0v) is 20.5. The minimum absolute atomic E-state index is 0.00686. The van der Waals surface area contributed by atoms with Gasteiger partial charge in [0.15, 0.2) is 0 Å². The van der Waals surface area contributed by atoms with E-state index < -0.39 is 17.7 Å². The number of hydrogen-bond acceptors (Lipinski definition) is 5. The van der Waals surface area contributed by atoms with Gasteiger partial charge in [0, 0.05) is 11.3 Å². The van der Waals surface area contributed by atoms with Crippen molar-refractivity contribution in [3.8, 4) is 11.5 Å². The lowest BCUT2D eigenvalue weighted by atomic mass is 9.94. The highest BCUT2D eigenvalue weighted by atomic mass is 16.5. The van der Waals surface area contributed by atoms with Gasteiger partial charge in [-0.15, -0.1) is 0 Å². The molecule has 0 spiro atoms. The number of ether oxygens (including phenoxy) is 2. The number of rotatable bonds is 6. The lowest BCUT2D eigenvalue weighted by Crippen LogP contribution is -2.30. The molecule has 1 atom stereocenters. The third-order valence-corrected chi connectivity index (χ3v) is 6.00. The van der Waals surface area contributed by atoms with E-state index in [0.717, 1.165) is 11.1 Å². The number of nitrogens with zero attached hydrogens (tertiary/aromatic N) is 1. The van der Waals surface area contributed by atoms with Crippen molar-refractivity contribution in [2.45, 2.75) is 39.8 Å². The first-order chi connectivity index (χ1) is 16.7. The molecule has 3 aromatic carbocycles. The number of aryl methyl sites for hydroxylation is 2. The highest BCUT2D eigenvalue weighted by Gasteiger charge is 2.47. The molecule has 0 bridgehead atoms. The minimum atomic E-state index is -0.798. The Kier molecular flexibility index (Phi) is 6.65. The fourth-order valence-corrected chi connectivity index (χ4v) is 4.28. The number of carbonyl (C=O) groups excluding carboxylic acids is 2. The number of benzene rings is 3. The molecular formula is C29H29NO5. The van der Waals surface area contributed by atoms with Gasteiger partial charge in [-0.3, -0.25) is 14.5 Å². The Morgan fingerprint density at radius 3 is 2.14 bits per heavy atom. The summed E-state index contributed by atoms with van der Waals surface area (Å²) < 4.78 is 11.0. The Morgan fingerprint density at radius 1 is 0.914 bits per heavy atom. The maximum atomic E-state index is 13.4. The lowest BCUT2D eigenvalue weighted by Gasteiger charge is -2.27. The van der Waals surface area contributed by atoms with Crippen LogP contribution in [0.25, 0.3) is 5.76 Å². The van der Waals surface area contributed by atoms with Gasteiger partial charge in [-0.2, -0.15) is 0 Å². The van der Waals surface area contributed by atoms with Crippen molar-refractivity contribution in [1.29, 1.82) is 0 Å². The third kappa shape index (κ3) is 4.64. The van der Waals surface area contributed by atoms with Gasteiger partial charge in [-0.25, -0.2) is 0 Å². The van der Waals surface area contributed by atoms with Crippen LogP contribution in [0.5, 0.6) is 11.5 Å². The van der Waals surface area contributed by atoms with E-state index in [9.17, 15) is 14.7 Å². The van der Waals surface area contributed by atoms with Crippen LogP contribution in [0.2, 0.25) is 0 Å². The van der Waals surface area contributed by atoms with Crippen LogP contribution in [-0.4, -0.2) is 30.0 Å². The van der Waals surface area contributed by atoms with Crippen molar-refractivity contribution in [1.82, 2.24) is 0 Å². The number of Topliss-reactive ketones (excluding diaryl/α,β-unsaturated/α-hetero) is 1. The Balaban J connectivity index is 1.89. The van der Waals surface area contributed by atoms with E-state index in [1.54, 1.807) is 55.6 Å². The third-order valence-electron chi connectivity index (χ3n) is 6.00. The Bertz CT molecular complexity index is 1290. The zero-order valence-electron chi connectivity index (χ0n) is 20.5. The van der Waals surface area contributed by atoms with Gasteiger partial charge >= 0.3 is 0 Å². The maximum absolute atomic E-state index is 13.4. The van der Waals surface area contributed by atoms with Gasteiger partial charge in [0.05, 0.1) is 24.8 Å². The van der Waals surface area contributed by atoms with Gasteiger partial charge in [0.25, 0.3) is 11.7 Å². The monoisotopic (exact) mass is 471 g/mol. The van der Waals surface area contributed by atoms with E-state index in [2.05, 4.69) is 0 Å². The number of amides is 1. The molecule has 180 valence electrons. The van der Waals surface area contributed by atoms with Crippen LogP contribution < -0.4 is 14.4 Å². The Labute approximate surface area is 205 Å². The van der Waals surface area contributed by atoms with Gasteiger partial charge in [-0.1, -0.05) is 24.3 Å². The van der Waals surface area contributed by atoms with Crippen molar-refractivity contribution in [2.75, 3.05) is 12.0 Å². The number of methoxy groups -OCH3 is 1. The van der Waals surface area contributed by atoms with Crippen LogP contribution in [0.4, 0.5) is 5.69 Å². The molecule has 1 fully saturated rings. The Morgan fingerprint density at radius 2 is 1.54 bits per heavy atom. The molecule has 1 aliphatic rings. The molecule has 1 N–H and O–H groups in total. The molecule has 35 heavy (non-hydrogen) atoms. The van der Waals surface area contributed by atoms with Gasteiger partial charge in [0.1, 0.15) is 17.3 Å². The molecule has 4 rings (SSSR count). The molecule has 0 aromatic heterocycles. The average Bonchev–Trinajstić information content (AvgIpc) is 3.10. The first kappa shape index (κ1) is 24.1. The lowest BCUT2D eigenvalue weighted by molar-refractivity contribution is -0.132. The number of anilines is 1. The van der Waals surface area contributed by atoms with Gasteiger partial charge in [0.2, 0.25) is 0 Å².